The van der Waals surface area contributed by atoms with E-state index in [9.17, 15) is 4.79 Å². The maximum absolute atomic E-state index is 10.9. The molecule has 0 aliphatic carbocycles. The highest BCUT2D eigenvalue weighted by Crippen LogP contribution is 2.17. The Morgan fingerprint density at radius 2 is 2.50 bits per heavy atom. The Balaban J connectivity index is 2.61. The first-order chi connectivity index (χ1) is 4.88. The van der Waals surface area contributed by atoms with Crippen LogP contribution in [0.1, 0.15) is 10.5 Å². The minimum atomic E-state index is 0.0793. The summed E-state index contributed by atoms with van der Waals surface area (Å²) in [4.78, 5) is 14.9. The molecule has 3 heteroatoms. The van der Waals surface area contributed by atoms with Gasteiger partial charge in [0.1, 0.15) is 5.69 Å². The van der Waals surface area contributed by atoms with E-state index in [0.29, 0.717) is 12.2 Å². The first-order valence-electron chi connectivity index (χ1n) is 3.10. The van der Waals surface area contributed by atoms with Gasteiger partial charge in [0.05, 0.1) is 12.2 Å². The van der Waals surface area contributed by atoms with Crippen molar-refractivity contribution in [2.24, 2.45) is 0 Å². The molecule has 0 saturated heterocycles. The van der Waals surface area contributed by atoms with Gasteiger partial charge in [-0.2, -0.15) is 0 Å². The van der Waals surface area contributed by atoms with Gasteiger partial charge in [-0.1, -0.05) is 0 Å². The van der Waals surface area contributed by atoms with Crippen LogP contribution in [0.4, 0.5) is 5.69 Å². The Hall–Kier alpha value is -1.38. The zero-order chi connectivity index (χ0) is 6.97. The highest BCUT2D eigenvalue weighted by molar-refractivity contribution is 6.06. The van der Waals surface area contributed by atoms with E-state index in [0.717, 1.165) is 5.69 Å². The van der Waals surface area contributed by atoms with Crippen molar-refractivity contribution in [3.63, 3.8) is 0 Å². The van der Waals surface area contributed by atoms with Crippen molar-refractivity contribution in [3.05, 3.63) is 24.0 Å². The van der Waals surface area contributed by atoms with Gasteiger partial charge in [0.15, 0.2) is 0 Å². The predicted octanol–water partition coefficient (Wildman–Crippen LogP) is 0.690. The van der Waals surface area contributed by atoms with Crippen LogP contribution in [0.2, 0.25) is 0 Å². The summed E-state index contributed by atoms with van der Waals surface area (Å²) >= 11 is 0. The zero-order valence-electron chi connectivity index (χ0n) is 5.29. The summed E-state index contributed by atoms with van der Waals surface area (Å²) in [6.07, 6.45) is 1.63. The SMILES string of the molecule is O=C1CNc2cccnc21. The molecule has 1 N–H and O–H groups in total. The average molecular weight is 134 g/mol. The fraction of sp³-hybridized carbons (Fsp3) is 0.143. The molecule has 0 radical (unpaired) electrons. The third-order valence-electron chi connectivity index (χ3n) is 1.51. The van der Waals surface area contributed by atoms with E-state index < -0.39 is 0 Å². The van der Waals surface area contributed by atoms with Crippen LogP contribution in [-0.2, 0) is 0 Å². The van der Waals surface area contributed by atoms with Crippen LogP contribution < -0.4 is 5.32 Å². The smallest absolute Gasteiger partial charge is 0.202 e. The van der Waals surface area contributed by atoms with Crippen LogP contribution in [0, 0.1) is 0 Å². The summed E-state index contributed by atoms with van der Waals surface area (Å²) in [5.74, 6) is 0.0793. The molecule has 0 amide bonds. The molecule has 2 rings (SSSR count). The van der Waals surface area contributed by atoms with Gasteiger partial charge in [0.2, 0.25) is 5.78 Å². The zero-order valence-corrected chi connectivity index (χ0v) is 5.29. The Morgan fingerprint density at radius 3 is 3.30 bits per heavy atom. The minimum Gasteiger partial charge on any atom is -0.376 e. The van der Waals surface area contributed by atoms with E-state index in [1.54, 1.807) is 6.20 Å². The lowest BCUT2D eigenvalue weighted by atomic mass is 10.3. The fourth-order valence-electron chi connectivity index (χ4n) is 1.03. The number of rotatable bonds is 0. The first kappa shape index (κ1) is 5.41. The van der Waals surface area contributed by atoms with Crippen LogP contribution in [0.5, 0.6) is 0 Å². The Labute approximate surface area is 58.1 Å². The third-order valence-corrected chi connectivity index (χ3v) is 1.51. The number of hydrogen-bond donors (Lipinski definition) is 1. The van der Waals surface area contributed by atoms with Crippen LogP contribution in [0.15, 0.2) is 18.3 Å². The number of ketones is 1. The molecule has 0 saturated carbocycles. The molecule has 1 aromatic rings. The van der Waals surface area contributed by atoms with Crippen molar-refractivity contribution in [1.29, 1.82) is 0 Å². The Kier molecular flexibility index (Phi) is 0.974. The molecule has 0 unspecified atom stereocenters. The summed E-state index contributed by atoms with van der Waals surface area (Å²) in [6.45, 7) is 0.395. The van der Waals surface area contributed by atoms with Crippen molar-refractivity contribution < 1.29 is 4.79 Å². The number of anilines is 1. The normalized spacial score (nSPS) is 14.6. The molecule has 1 aromatic heterocycles. The van der Waals surface area contributed by atoms with E-state index in [4.69, 9.17) is 0 Å². The van der Waals surface area contributed by atoms with Gasteiger partial charge >= 0.3 is 0 Å². The van der Waals surface area contributed by atoms with Crippen molar-refractivity contribution in [2.75, 3.05) is 11.9 Å². The van der Waals surface area contributed by atoms with E-state index in [1.807, 2.05) is 12.1 Å². The van der Waals surface area contributed by atoms with Gasteiger partial charge in [-0.3, -0.25) is 9.78 Å². The number of pyridine rings is 1. The van der Waals surface area contributed by atoms with Gasteiger partial charge in [0.25, 0.3) is 0 Å². The molecule has 0 atom stereocenters. The molecule has 0 aromatic carbocycles. The molecule has 3 nitrogen and oxygen atoms in total. The molecular weight excluding hydrogens is 128 g/mol. The summed E-state index contributed by atoms with van der Waals surface area (Å²) in [5.41, 5.74) is 1.43. The number of carbonyl (C=O) groups excluding carboxylic acids is 1. The molecule has 50 valence electrons. The number of fused-ring (bicyclic) bond motifs is 1. The number of carbonyl (C=O) groups is 1. The van der Waals surface area contributed by atoms with Crippen molar-refractivity contribution >= 4 is 11.5 Å². The molecule has 0 fully saturated rings. The van der Waals surface area contributed by atoms with Crippen LogP contribution in [0.3, 0.4) is 0 Å². The van der Waals surface area contributed by atoms with Gasteiger partial charge in [-0.25, -0.2) is 0 Å². The lowest BCUT2D eigenvalue weighted by molar-refractivity contribution is 0.101. The fourth-order valence-corrected chi connectivity index (χ4v) is 1.03. The van der Waals surface area contributed by atoms with Crippen molar-refractivity contribution in [3.8, 4) is 0 Å². The van der Waals surface area contributed by atoms with Crippen LogP contribution in [0.25, 0.3) is 0 Å². The Bertz CT molecular complexity index is 283. The number of aromatic nitrogens is 1. The topological polar surface area (TPSA) is 42.0 Å². The maximum Gasteiger partial charge on any atom is 0.202 e. The molecule has 0 bridgehead atoms. The van der Waals surface area contributed by atoms with E-state index in [2.05, 4.69) is 10.3 Å². The first-order valence-corrected chi connectivity index (χ1v) is 3.10. The summed E-state index contributed by atoms with van der Waals surface area (Å²) < 4.78 is 0. The molecule has 10 heavy (non-hydrogen) atoms. The lowest BCUT2D eigenvalue weighted by Crippen LogP contribution is -2.01. The molecule has 1 aliphatic rings. The largest absolute Gasteiger partial charge is 0.376 e. The lowest BCUT2D eigenvalue weighted by Gasteiger charge is -1.92. The van der Waals surface area contributed by atoms with E-state index in [-0.39, 0.29) is 5.78 Å². The second-order valence-electron chi connectivity index (χ2n) is 2.18. The molecular formula is C7H6N2O. The summed E-state index contributed by atoms with van der Waals surface area (Å²) in [7, 11) is 0. The molecule has 0 spiro atoms. The Morgan fingerprint density at radius 1 is 1.60 bits per heavy atom. The monoisotopic (exact) mass is 134 g/mol. The van der Waals surface area contributed by atoms with Gasteiger partial charge in [-0.15, -0.1) is 0 Å². The number of nitrogens with one attached hydrogen (secondary N) is 1. The van der Waals surface area contributed by atoms with Gasteiger partial charge in [0, 0.05) is 6.20 Å². The summed E-state index contributed by atoms with van der Waals surface area (Å²) in [5, 5.41) is 2.94. The average Bonchev–Trinajstić information content (AvgIpc) is 2.34. The number of Topliss-reactive ketones (excluding diaryl/α,β-unsaturated/α-hetero) is 1. The second kappa shape index (κ2) is 1.80. The standard InChI is InChI=1S/C7H6N2O/c10-6-4-9-5-2-1-3-8-7(5)6/h1-3,9H,4H2. The van der Waals surface area contributed by atoms with Crippen molar-refractivity contribution in [2.45, 2.75) is 0 Å². The minimum absolute atomic E-state index is 0.0793. The van der Waals surface area contributed by atoms with Gasteiger partial charge < -0.3 is 5.32 Å². The predicted molar refractivity (Wildman–Crippen MR) is 37.1 cm³/mol. The second-order valence-corrected chi connectivity index (χ2v) is 2.18. The maximum atomic E-state index is 10.9. The van der Waals surface area contributed by atoms with Gasteiger partial charge in [-0.05, 0) is 12.1 Å². The van der Waals surface area contributed by atoms with Crippen LogP contribution >= 0.6 is 0 Å². The highest BCUT2D eigenvalue weighted by Gasteiger charge is 2.18. The third kappa shape index (κ3) is 0.603. The number of hydrogen-bond acceptors (Lipinski definition) is 3. The summed E-state index contributed by atoms with van der Waals surface area (Å²) in [6, 6.07) is 3.66. The molecule has 2 heterocycles. The highest BCUT2D eigenvalue weighted by atomic mass is 16.1. The number of nitrogens with zero attached hydrogens (tertiary/aromatic N) is 1. The van der Waals surface area contributed by atoms with Crippen LogP contribution in [-0.4, -0.2) is 17.3 Å². The van der Waals surface area contributed by atoms with Crippen molar-refractivity contribution in [1.82, 2.24) is 4.98 Å². The van der Waals surface area contributed by atoms with E-state index >= 15 is 0 Å². The molecule has 1 aliphatic heterocycles. The quantitative estimate of drug-likeness (QED) is 0.567. The van der Waals surface area contributed by atoms with E-state index in [1.165, 1.54) is 0 Å².